The highest BCUT2D eigenvalue weighted by atomic mass is 19.1. The van der Waals surface area contributed by atoms with Crippen LogP contribution in [-0.4, -0.2) is 26.0 Å². The fraction of sp³-hybridized carbons (Fsp3) is 0. The van der Waals surface area contributed by atoms with Gasteiger partial charge in [0.05, 0.1) is 28.4 Å². The second-order valence-electron chi connectivity index (χ2n) is 4.23. The minimum absolute atomic E-state index is 0.0898. The van der Waals surface area contributed by atoms with E-state index in [4.69, 9.17) is 0 Å². The Morgan fingerprint density at radius 2 is 1.90 bits per heavy atom. The molecule has 0 aliphatic carbocycles. The zero-order valence-electron chi connectivity index (χ0n) is 10.4. The number of hydrogen-bond acceptors (Lipinski definition) is 4. The predicted octanol–water partition coefficient (Wildman–Crippen LogP) is 2.67. The molecule has 0 spiro atoms. The maximum absolute atomic E-state index is 13.8. The molecule has 0 radical (unpaired) electrons. The van der Waals surface area contributed by atoms with E-state index in [-0.39, 0.29) is 22.2 Å². The van der Waals surface area contributed by atoms with Gasteiger partial charge in [0, 0.05) is 24.5 Å². The van der Waals surface area contributed by atoms with Crippen LogP contribution in [0.2, 0.25) is 0 Å². The Hall–Kier alpha value is -2.96. The average Bonchev–Trinajstić information content (AvgIpc) is 2.46. The molecule has 5 nitrogen and oxygen atoms in total. The molecule has 1 N–H and O–H groups in total. The van der Waals surface area contributed by atoms with Crippen molar-refractivity contribution in [3.8, 4) is 11.4 Å². The van der Waals surface area contributed by atoms with E-state index in [1.807, 2.05) is 0 Å². The fourth-order valence-electron chi connectivity index (χ4n) is 2.02. The lowest BCUT2D eigenvalue weighted by molar-refractivity contribution is 0.0698. The quantitative estimate of drug-likeness (QED) is 0.784. The Morgan fingerprint density at radius 1 is 1.10 bits per heavy atom. The van der Waals surface area contributed by atoms with Crippen LogP contribution in [-0.2, 0) is 0 Å². The number of aromatic nitrogens is 3. The topological polar surface area (TPSA) is 76.0 Å². The lowest BCUT2D eigenvalue weighted by Crippen LogP contribution is -2.03. The molecule has 1 aromatic carbocycles. The molecule has 21 heavy (non-hydrogen) atoms. The van der Waals surface area contributed by atoms with Crippen molar-refractivity contribution in [1.29, 1.82) is 0 Å². The first-order chi connectivity index (χ1) is 10.1. The first-order valence-electron chi connectivity index (χ1n) is 5.86. The zero-order valence-corrected chi connectivity index (χ0v) is 10.4. The highest BCUT2D eigenvalue weighted by Gasteiger charge is 2.17. The number of nitrogens with zero attached hydrogens (tertiary/aromatic N) is 3. The Labute approximate surface area is 116 Å². The third-order valence-electron chi connectivity index (χ3n) is 2.88. The molecule has 0 unspecified atom stereocenters. The van der Waals surface area contributed by atoms with Crippen molar-refractivity contribution in [2.75, 3.05) is 0 Å². The summed E-state index contributed by atoms with van der Waals surface area (Å²) in [5.41, 5.74) is 0.0933. The van der Waals surface area contributed by atoms with Gasteiger partial charge in [-0.25, -0.2) is 18.6 Å². The van der Waals surface area contributed by atoms with E-state index >= 15 is 0 Å². The van der Waals surface area contributed by atoms with Crippen LogP contribution in [0, 0.1) is 11.6 Å². The third-order valence-corrected chi connectivity index (χ3v) is 2.88. The van der Waals surface area contributed by atoms with Crippen molar-refractivity contribution in [1.82, 2.24) is 15.0 Å². The van der Waals surface area contributed by atoms with E-state index in [9.17, 15) is 18.7 Å². The zero-order chi connectivity index (χ0) is 15.0. The smallest absolute Gasteiger partial charge is 0.336 e. The Balaban J connectivity index is 2.38. The summed E-state index contributed by atoms with van der Waals surface area (Å²) in [4.78, 5) is 23.2. The molecular formula is C14H7F2N3O2. The van der Waals surface area contributed by atoms with Crippen LogP contribution < -0.4 is 0 Å². The van der Waals surface area contributed by atoms with Gasteiger partial charge in [0.2, 0.25) is 0 Å². The molecular weight excluding hydrogens is 280 g/mol. The highest BCUT2D eigenvalue weighted by molar-refractivity contribution is 6.03. The maximum Gasteiger partial charge on any atom is 0.336 e. The minimum Gasteiger partial charge on any atom is -0.478 e. The molecule has 7 heteroatoms. The number of hydrogen-bond donors (Lipinski definition) is 1. The first kappa shape index (κ1) is 13.0. The largest absolute Gasteiger partial charge is 0.478 e. The molecule has 0 fully saturated rings. The van der Waals surface area contributed by atoms with Crippen molar-refractivity contribution < 1.29 is 18.7 Å². The predicted molar refractivity (Wildman–Crippen MR) is 69.6 cm³/mol. The van der Waals surface area contributed by atoms with E-state index in [1.165, 1.54) is 24.7 Å². The van der Waals surface area contributed by atoms with Crippen molar-refractivity contribution in [3.63, 3.8) is 0 Å². The van der Waals surface area contributed by atoms with E-state index in [1.54, 1.807) is 0 Å². The average molecular weight is 287 g/mol. The summed E-state index contributed by atoms with van der Waals surface area (Å²) in [5, 5.41) is 8.98. The van der Waals surface area contributed by atoms with Gasteiger partial charge < -0.3 is 5.11 Å². The van der Waals surface area contributed by atoms with Gasteiger partial charge in [-0.2, -0.15) is 0 Å². The number of pyridine rings is 1. The van der Waals surface area contributed by atoms with E-state index in [2.05, 4.69) is 15.0 Å². The van der Waals surface area contributed by atoms with Gasteiger partial charge in [-0.1, -0.05) is 0 Å². The van der Waals surface area contributed by atoms with Crippen LogP contribution in [0.5, 0.6) is 0 Å². The minimum atomic E-state index is -1.34. The van der Waals surface area contributed by atoms with Gasteiger partial charge in [-0.05, 0) is 6.07 Å². The van der Waals surface area contributed by atoms with Gasteiger partial charge in [-0.3, -0.25) is 9.97 Å². The normalized spacial score (nSPS) is 10.8. The van der Waals surface area contributed by atoms with Gasteiger partial charge in [0.15, 0.2) is 0 Å². The Kier molecular flexibility index (Phi) is 3.02. The molecule has 2 aromatic heterocycles. The summed E-state index contributed by atoms with van der Waals surface area (Å²) in [6.45, 7) is 0. The van der Waals surface area contributed by atoms with E-state index < -0.39 is 17.6 Å². The van der Waals surface area contributed by atoms with Crippen molar-refractivity contribution in [3.05, 3.63) is 54.0 Å². The molecule has 0 saturated carbocycles. The summed E-state index contributed by atoms with van der Waals surface area (Å²) in [5.74, 6) is -3.14. The van der Waals surface area contributed by atoms with Crippen molar-refractivity contribution >= 4 is 16.9 Å². The van der Waals surface area contributed by atoms with Gasteiger partial charge in [0.1, 0.15) is 17.3 Å². The molecule has 3 aromatic rings. The summed E-state index contributed by atoms with van der Waals surface area (Å²) < 4.78 is 27.1. The van der Waals surface area contributed by atoms with Crippen molar-refractivity contribution in [2.24, 2.45) is 0 Å². The van der Waals surface area contributed by atoms with E-state index in [0.29, 0.717) is 11.8 Å². The molecule has 0 atom stereocenters. The fourth-order valence-corrected chi connectivity index (χ4v) is 2.02. The van der Waals surface area contributed by atoms with Crippen molar-refractivity contribution in [2.45, 2.75) is 0 Å². The molecule has 3 rings (SSSR count). The number of fused-ring (bicyclic) bond motifs is 1. The summed E-state index contributed by atoms with van der Waals surface area (Å²) in [7, 11) is 0. The van der Waals surface area contributed by atoms with Gasteiger partial charge >= 0.3 is 5.97 Å². The molecule has 2 heterocycles. The third kappa shape index (κ3) is 2.29. The number of aromatic carboxylic acids is 1. The monoisotopic (exact) mass is 287 g/mol. The number of benzene rings is 1. The van der Waals surface area contributed by atoms with E-state index in [0.717, 1.165) is 6.07 Å². The number of carbonyl (C=O) groups is 1. The van der Waals surface area contributed by atoms with Crippen LogP contribution in [0.15, 0.2) is 36.8 Å². The standard InChI is InChI=1S/C14H7F2N3O2/c15-7-3-9(16)13-8(14(20)21)5-10(19-11(13)4-7)12-6-17-1-2-18-12/h1-6H,(H,20,21). The van der Waals surface area contributed by atoms with Crippen LogP contribution in [0.3, 0.4) is 0 Å². The molecule has 104 valence electrons. The van der Waals surface area contributed by atoms with Crippen LogP contribution in [0.25, 0.3) is 22.3 Å². The lowest BCUT2D eigenvalue weighted by Gasteiger charge is -2.07. The first-order valence-corrected chi connectivity index (χ1v) is 5.86. The van der Waals surface area contributed by atoms with Gasteiger partial charge in [-0.15, -0.1) is 0 Å². The molecule has 0 amide bonds. The summed E-state index contributed by atoms with van der Waals surface area (Å²) >= 11 is 0. The SMILES string of the molecule is O=C(O)c1cc(-c2cnccn2)nc2cc(F)cc(F)c12. The summed E-state index contributed by atoms with van der Waals surface area (Å²) in [6, 6.07) is 2.79. The molecule has 0 aliphatic heterocycles. The second-order valence-corrected chi connectivity index (χ2v) is 4.23. The Bertz CT molecular complexity index is 854. The number of rotatable bonds is 2. The summed E-state index contributed by atoms with van der Waals surface area (Å²) in [6.07, 6.45) is 4.24. The van der Waals surface area contributed by atoms with Gasteiger partial charge in [0.25, 0.3) is 0 Å². The molecule has 0 bridgehead atoms. The number of carboxylic acids is 1. The molecule has 0 aliphatic rings. The Morgan fingerprint density at radius 3 is 2.57 bits per heavy atom. The van der Waals surface area contributed by atoms with Crippen LogP contribution >= 0.6 is 0 Å². The molecule has 0 saturated heterocycles. The second kappa shape index (κ2) is 4.86. The highest BCUT2D eigenvalue weighted by Crippen LogP contribution is 2.26. The maximum atomic E-state index is 13.8. The lowest BCUT2D eigenvalue weighted by atomic mass is 10.1. The number of carboxylic acid groups (broad SMARTS) is 1. The van der Waals surface area contributed by atoms with Crippen LogP contribution in [0.4, 0.5) is 8.78 Å². The van der Waals surface area contributed by atoms with Crippen LogP contribution in [0.1, 0.15) is 10.4 Å². The number of halogens is 2.